The lowest BCUT2D eigenvalue weighted by Gasteiger charge is -2.38. The zero-order chi connectivity index (χ0) is 15.8. The Hall–Kier alpha value is -1.43. The number of carbonyl (C=O) groups is 1. The number of amides is 1. The van der Waals surface area contributed by atoms with Crippen molar-refractivity contribution in [1.82, 2.24) is 9.80 Å². The van der Waals surface area contributed by atoms with E-state index in [4.69, 9.17) is 0 Å². The summed E-state index contributed by atoms with van der Waals surface area (Å²) in [6.45, 7) is 3.27. The molecule has 1 N–H and O–H groups in total. The maximum atomic E-state index is 12.7. The first-order valence-corrected chi connectivity index (χ1v) is 9.24. The molecule has 2 atom stereocenters. The molecule has 4 rings (SSSR count). The molecule has 1 amide bonds. The molecule has 5 heteroatoms. The van der Waals surface area contributed by atoms with E-state index in [1.807, 2.05) is 23.1 Å². The summed E-state index contributed by atoms with van der Waals surface area (Å²) in [7, 11) is 0. The van der Waals surface area contributed by atoms with E-state index < -0.39 is 0 Å². The van der Waals surface area contributed by atoms with Crippen LogP contribution < -0.4 is 0 Å². The minimum absolute atomic E-state index is 0.151. The quantitative estimate of drug-likeness (QED) is 0.920. The lowest BCUT2D eigenvalue weighted by Crippen LogP contribution is -2.53. The van der Waals surface area contributed by atoms with Crippen molar-refractivity contribution in [2.45, 2.75) is 31.4 Å². The van der Waals surface area contributed by atoms with Crippen molar-refractivity contribution in [1.29, 1.82) is 0 Å². The molecule has 1 aromatic carbocycles. The summed E-state index contributed by atoms with van der Waals surface area (Å²) >= 11 is 1.58. The van der Waals surface area contributed by atoms with Crippen LogP contribution in [0.4, 0.5) is 0 Å². The number of hydrogen-bond acceptors (Lipinski definition) is 4. The highest BCUT2D eigenvalue weighted by molar-refractivity contribution is 7.20. The van der Waals surface area contributed by atoms with Crippen LogP contribution in [0.15, 0.2) is 30.3 Å². The second kappa shape index (κ2) is 6.23. The predicted octanol–water partition coefficient (Wildman–Crippen LogP) is 2.57. The average Bonchev–Trinajstić information content (AvgIpc) is 3.20. The van der Waals surface area contributed by atoms with Crippen molar-refractivity contribution < 1.29 is 9.90 Å². The van der Waals surface area contributed by atoms with Crippen LogP contribution in [0, 0.1) is 0 Å². The minimum atomic E-state index is -0.181. The summed E-state index contributed by atoms with van der Waals surface area (Å²) in [4.78, 5) is 17.9. The average molecular weight is 330 g/mol. The standard InChI is InChI=1S/C18H22N2O2S/c21-15-6-3-5-14(15)19-8-10-20(11-9-19)18(22)17-12-13-4-1-2-7-16(13)23-17/h1-2,4,7,12,14-15,21H,3,5-6,8-11H2/t14-,15+/m0/s1. The van der Waals surface area contributed by atoms with Crippen molar-refractivity contribution in [2.75, 3.05) is 26.2 Å². The number of hydrogen-bond donors (Lipinski definition) is 1. The normalized spacial score (nSPS) is 26.0. The lowest BCUT2D eigenvalue weighted by atomic mass is 10.1. The number of nitrogens with zero attached hydrogens (tertiary/aromatic N) is 2. The topological polar surface area (TPSA) is 43.8 Å². The van der Waals surface area contributed by atoms with Crippen molar-refractivity contribution in [3.63, 3.8) is 0 Å². The molecule has 0 bridgehead atoms. The number of piperazine rings is 1. The summed E-state index contributed by atoms with van der Waals surface area (Å²) in [5, 5.41) is 11.2. The molecule has 2 fully saturated rings. The van der Waals surface area contributed by atoms with Crippen LogP contribution in [0.1, 0.15) is 28.9 Å². The first-order chi connectivity index (χ1) is 11.2. The van der Waals surface area contributed by atoms with Crippen molar-refractivity contribution in [2.24, 2.45) is 0 Å². The largest absolute Gasteiger partial charge is 0.391 e. The Balaban J connectivity index is 1.42. The van der Waals surface area contributed by atoms with Gasteiger partial charge in [0.05, 0.1) is 11.0 Å². The smallest absolute Gasteiger partial charge is 0.264 e. The molecule has 1 saturated carbocycles. The molecule has 1 aliphatic carbocycles. The van der Waals surface area contributed by atoms with Crippen LogP contribution in [0.3, 0.4) is 0 Å². The maximum Gasteiger partial charge on any atom is 0.264 e. The number of benzene rings is 1. The molecular weight excluding hydrogens is 308 g/mol. The molecule has 2 heterocycles. The van der Waals surface area contributed by atoms with Crippen LogP contribution in [0.25, 0.3) is 10.1 Å². The van der Waals surface area contributed by atoms with Gasteiger partial charge in [-0.1, -0.05) is 18.2 Å². The van der Waals surface area contributed by atoms with Crippen LogP contribution >= 0.6 is 11.3 Å². The molecule has 4 nitrogen and oxygen atoms in total. The van der Waals surface area contributed by atoms with Gasteiger partial charge in [-0.15, -0.1) is 11.3 Å². The summed E-state index contributed by atoms with van der Waals surface area (Å²) in [6, 6.07) is 10.5. The first-order valence-electron chi connectivity index (χ1n) is 8.42. The van der Waals surface area contributed by atoms with Gasteiger partial charge < -0.3 is 10.0 Å². The molecule has 2 aromatic rings. The van der Waals surface area contributed by atoms with E-state index >= 15 is 0 Å². The fourth-order valence-corrected chi connectivity index (χ4v) is 4.88. The zero-order valence-corrected chi connectivity index (χ0v) is 14.0. The Morgan fingerprint density at radius 1 is 1.13 bits per heavy atom. The Morgan fingerprint density at radius 3 is 2.61 bits per heavy atom. The van der Waals surface area contributed by atoms with Gasteiger partial charge in [0.1, 0.15) is 0 Å². The predicted molar refractivity (Wildman–Crippen MR) is 92.9 cm³/mol. The van der Waals surface area contributed by atoms with E-state index in [2.05, 4.69) is 17.0 Å². The molecule has 1 aliphatic heterocycles. The summed E-state index contributed by atoms with van der Waals surface area (Å²) in [5.41, 5.74) is 0. The number of fused-ring (bicyclic) bond motifs is 1. The SMILES string of the molecule is O=C(c1cc2ccccc2s1)N1CCN([C@H]2CCC[C@H]2O)CC1. The lowest BCUT2D eigenvalue weighted by molar-refractivity contribution is 0.0318. The molecule has 1 saturated heterocycles. The number of rotatable bonds is 2. The van der Waals surface area contributed by atoms with Crippen molar-refractivity contribution in [3.05, 3.63) is 35.2 Å². The van der Waals surface area contributed by atoms with E-state index in [1.54, 1.807) is 11.3 Å². The van der Waals surface area contributed by atoms with E-state index in [0.717, 1.165) is 55.7 Å². The van der Waals surface area contributed by atoms with Gasteiger partial charge >= 0.3 is 0 Å². The zero-order valence-electron chi connectivity index (χ0n) is 13.1. The number of aliphatic hydroxyl groups is 1. The van der Waals surface area contributed by atoms with Gasteiger partial charge in [-0.25, -0.2) is 0 Å². The Bertz CT molecular complexity index is 673. The van der Waals surface area contributed by atoms with Crippen LogP contribution in [-0.2, 0) is 0 Å². The number of thiophene rings is 1. The molecule has 0 radical (unpaired) electrons. The highest BCUT2D eigenvalue weighted by atomic mass is 32.1. The number of carbonyl (C=O) groups excluding carboxylic acids is 1. The molecular formula is C18H22N2O2S. The van der Waals surface area contributed by atoms with Gasteiger partial charge in [-0.3, -0.25) is 9.69 Å². The summed E-state index contributed by atoms with van der Waals surface area (Å²) in [6.07, 6.45) is 2.95. The molecule has 2 aliphatic rings. The fraction of sp³-hybridized carbons (Fsp3) is 0.500. The van der Waals surface area contributed by atoms with E-state index in [1.165, 1.54) is 4.70 Å². The second-order valence-corrected chi connectivity index (χ2v) is 7.63. The van der Waals surface area contributed by atoms with Gasteiger partial charge in [-0.05, 0) is 36.8 Å². The number of aliphatic hydroxyl groups excluding tert-OH is 1. The molecule has 23 heavy (non-hydrogen) atoms. The van der Waals surface area contributed by atoms with Gasteiger partial charge in [0.2, 0.25) is 0 Å². The van der Waals surface area contributed by atoms with Gasteiger partial charge in [0.15, 0.2) is 0 Å². The van der Waals surface area contributed by atoms with Gasteiger partial charge in [-0.2, -0.15) is 0 Å². The third-order valence-electron chi connectivity index (χ3n) is 5.15. The highest BCUT2D eigenvalue weighted by Gasteiger charge is 2.33. The van der Waals surface area contributed by atoms with Gasteiger partial charge in [0.25, 0.3) is 5.91 Å². The molecule has 0 spiro atoms. The van der Waals surface area contributed by atoms with Crippen LogP contribution in [0.2, 0.25) is 0 Å². The van der Waals surface area contributed by atoms with Crippen LogP contribution in [-0.4, -0.2) is 59.1 Å². The minimum Gasteiger partial charge on any atom is -0.391 e. The third-order valence-corrected chi connectivity index (χ3v) is 6.25. The first kappa shape index (κ1) is 15.1. The van der Waals surface area contributed by atoms with E-state index in [-0.39, 0.29) is 12.0 Å². The van der Waals surface area contributed by atoms with E-state index in [9.17, 15) is 9.90 Å². The Kier molecular flexibility index (Phi) is 4.09. The molecule has 122 valence electrons. The monoisotopic (exact) mass is 330 g/mol. The van der Waals surface area contributed by atoms with Crippen LogP contribution in [0.5, 0.6) is 0 Å². The Labute approximate surface area is 140 Å². The molecule has 0 unspecified atom stereocenters. The third kappa shape index (κ3) is 2.89. The van der Waals surface area contributed by atoms with E-state index in [0.29, 0.717) is 6.04 Å². The molecule has 1 aromatic heterocycles. The second-order valence-electron chi connectivity index (χ2n) is 6.54. The summed E-state index contributed by atoms with van der Waals surface area (Å²) in [5.74, 6) is 0.151. The highest BCUT2D eigenvalue weighted by Crippen LogP contribution is 2.28. The van der Waals surface area contributed by atoms with Crippen molar-refractivity contribution in [3.8, 4) is 0 Å². The maximum absolute atomic E-state index is 12.7. The van der Waals surface area contributed by atoms with Gasteiger partial charge in [0, 0.05) is 36.9 Å². The summed E-state index contributed by atoms with van der Waals surface area (Å²) < 4.78 is 1.17. The fourth-order valence-electron chi connectivity index (χ4n) is 3.85. The van der Waals surface area contributed by atoms with Crippen molar-refractivity contribution >= 4 is 27.3 Å². The Morgan fingerprint density at radius 2 is 1.91 bits per heavy atom.